The molecule has 2 heterocycles. The number of fused-ring (bicyclic) bond motifs is 9. The Morgan fingerprint density at radius 2 is 0.456 bits per heavy atom. The molecule has 0 aromatic heterocycles. The van der Waals surface area contributed by atoms with Gasteiger partial charge in [0.1, 0.15) is 0 Å². The van der Waals surface area contributed by atoms with Gasteiger partial charge >= 0.3 is 0 Å². The molecule has 2 heteroatoms. The van der Waals surface area contributed by atoms with Crippen molar-refractivity contribution in [3.63, 3.8) is 0 Å². The fraction of sp³-hybridized carbons (Fsp3) is 0.0297. The lowest BCUT2D eigenvalue weighted by Crippen LogP contribution is -2.38. The molecule has 20 rings (SSSR count). The van der Waals surface area contributed by atoms with Crippen molar-refractivity contribution >= 4 is 55.7 Å². The maximum Gasteiger partial charge on any atom is 0.0742 e. The minimum absolute atomic E-state index is 0.713. The van der Waals surface area contributed by atoms with Gasteiger partial charge < -0.3 is 9.80 Å². The molecule has 0 radical (unpaired) electrons. The van der Waals surface area contributed by atoms with E-state index in [-0.39, 0.29) is 0 Å². The van der Waals surface area contributed by atoms with Gasteiger partial charge in [-0.3, -0.25) is 0 Å². The summed E-state index contributed by atoms with van der Waals surface area (Å²) < 4.78 is 0. The molecule has 0 unspecified atom stereocenters. The lowest BCUT2D eigenvalue weighted by atomic mass is 9.62. The van der Waals surface area contributed by atoms with E-state index < -0.39 is 16.2 Å². The molecule has 0 N–H and O–H groups in total. The van der Waals surface area contributed by atoms with Crippen molar-refractivity contribution in [1.29, 1.82) is 0 Å². The van der Waals surface area contributed by atoms with Crippen LogP contribution >= 0.6 is 0 Å². The van der Waals surface area contributed by atoms with Crippen molar-refractivity contribution in [3.05, 3.63) is 479 Å². The molecule has 0 spiro atoms. The van der Waals surface area contributed by atoms with Gasteiger partial charge in [-0.05, 0) is 164 Å². The van der Waals surface area contributed by atoms with Crippen LogP contribution in [-0.4, -0.2) is 0 Å². The highest BCUT2D eigenvalue weighted by molar-refractivity contribution is 6.21. The van der Waals surface area contributed by atoms with Crippen LogP contribution in [0, 0.1) is 0 Å². The molecule has 482 valence electrons. The minimum atomic E-state index is -0.729. The molecule has 17 aromatic carbocycles. The Hall–Kier alpha value is -13.1. The van der Waals surface area contributed by atoms with Crippen LogP contribution in [0.5, 0.6) is 0 Å². The van der Waals surface area contributed by atoms with Crippen molar-refractivity contribution in [1.82, 2.24) is 0 Å². The van der Waals surface area contributed by atoms with Gasteiger partial charge in [0, 0.05) is 22.5 Å². The molecule has 0 saturated carbocycles. The van der Waals surface area contributed by atoms with Gasteiger partial charge in [-0.25, -0.2) is 0 Å². The van der Waals surface area contributed by atoms with Gasteiger partial charge in [0.2, 0.25) is 0 Å². The number of benzene rings is 17. The minimum Gasteiger partial charge on any atom is -0.309 e. The molecule has 0 atom stereocenters. The molecular formula is C101H68N2. The average Bonchev–Trinajstić information content (AvgIpc) is 1.26. The predicted octanol–water partition coefficient (Wildman–Crippen LogP) is 25.7. The first-order chi connectivity index (χ1) is 51.2. The summed E-state index contributed by atoms with van der Waals surface area (Å²) in [5.74, 6) is 0. The van der Waals surface area contributed by atoms with Gasteiger partial charge in [0.25, 0.3) is 0 Å². The van der Waals surface area contributed by atoms with Crippen molar-refractivity contribution in [3.8, 4) is 44.5 Å². The number of para-hydroxylation sites is 6. The van der Waals surface area contributed by atoms with Crippen LogP contribution < -0.4 is 9.80 Å². The summed E-state index contributed by atoms with van der Waals surface area (Å²) in [5, 5.41) is 4.64. The lowest BCUT2D eigenvalue weighted by molar-refractivity contribution is 0.731. The summed E-state index contributed by atoms with van der Waals surface area (Å²) in [6.45, 7) is 0. The monoisotopic (exact) mass is 1310 g/mol. The van der Waals surface area contributed by atoms with E-state index in [4.69, 9.17) is 0 Å². The largest absolute Gasteiger partial charge is 0.309 e. The molecule has 2 nitrogen and oxygen atoms in total. The van der Waals surface area contributed by atoms with Crippen molar-refractivity contribution < 1.29 is 0 Å². The van der Waals surface area contributed by atoms with Crippen LogP contribution in [0.3, 0.4) is 0 Å². The smallest absolute Gasteiger partial charge is 0.0742 e. The van der Waals surface area contributed by atoms with Gasteiger partial charge in [-0.15, -0.1) is 0 Å². The molecule has 0 amide bonds. The fourth-order valence-corrected chi connectivity index (χ4v) is 18.8. The Balaban J connectivity index is 0.960. The topological polar surface area (TPSA) is 6.48 Å². The third-order valence-corrected chi connectivity index (χ3v) is 22.6. The van der Waals surface area contributed by atoms with E-state index in [0.29, 0.717) is 0 Å². The molecule has 3 aliphatic rings. The Bertz CT molecular complexity index is 5690. The second-order valence-corrected chi connectivity index (χ2v) is 27.6. The number of nitrogens with zero attached hydrogens (tertiary/aromatic N) is 2. The SMILES string of the molecule is c1ccc(N2c3ccccc3C(c3ccccc3)(c3ccccc3)c3cccc(-c4cccc5c(-c6cccc7c6C(c6ccccc6)(c6ccccc6)c6ccccc6-7)c6cccc(-c7cccc8c7N(c7ccccc7)c7ccccc7C8(c7ccccc7)c7ccccc7)c6cc45)c32)cc1. The Morgan fingerprint density at radius 1 is 0.175 bits per heavy atom. The Labute approximate surface area is 601 Å². The van der Waals surface area contributed by atoms with Gasteiger partial charge in [0.15, 0.2) is 0 Å². The third kappa shape index (κ3) is 8.68. The lowest BCUT2D eigenvalue weighted by Gasteiger charge is -2.47. The number of rotatable bonds is 11. The zero-order valence-electron chi connectivity index (χ0n) is 56.7. The summed E-state index contributed by atoms with van der Waals surface area (Å²) in [6, 6.07) is 155. The molecule has 1 aliphatic carbocycles. The molecule has 17 aromatic rings. The molecular weight excluding hydrogens is 1240 g/mol. The predicted molar refractivity (Wildman–Crippen MR) is 428 cm³/mol. The quantitative estimate of drug-likeness (QED) is 0.119. The maximum atomic E-state index is 2.58. The summed E-state index contributed by atoms with van der Waals surface area (Å²) in [7, 11) is 0. The zero-order chi connectivity index (χ0) is 68.1. The van der Waals surface area contributed by atoms with E-state index in [9.17, 15) is 0 Å². The van der Waals surface area contributed by atoms with E-state index in [1.54, 1.807) is 0 Å². The number of hydrogen-bond acceptors (Lipinski definition) is 2. The second-order valence-electron chi connectivity index (χ2n) is 27.6. The highest BCUT2D eigenvalue weighted by Gasteiger charge is 2.51. The Morgan fingerprint density at radius 3 is 0.864 bits per heavy atom. The summed E-state index contributed by atoms with van der Waals surface area (Å²) in [6.07, 6.45) is 0. The van der Waals surface area contributed by atoms with Crippen LogP contribution in [0.15, 0.2) is 413 Å². The first-order valence-electron chi connectivity index (χ1n) is 35.9. The van der Waals surface area contributed by atoms with E-state index in [0.717, 1.165) is 67.2 Å². The molecule has 0 fully saturated rings. The van der Waals surface area contributed by atoms with Crippen LogP contribution in [0.1, 0.15) is 66.8 Å². The van der Waals surface area contributed by atoms with Gasteiger partial charge in [-0.1, -0.05) is 370 Å². The summed E-state index contributed by atoms with van der Waals surface area (Å²) >= 11 is 0. The Kier molecular flexibility index (Phi) is 14.0. The van der Waals surface area contributed by atoms with Crippen molar-refractivity contribution in [2.45, 2.75) is 16.2 Å². The van der Waals surface area contributed by atoms with Gasteiger partial charge in [-0.2, -0.15) is 0 Å². The second kappa shape index (κ2) is 24.1. The first-order valence-corrected chi connectivity index (χ1v) is 35.9. The van der Waals surface area contributed by atoms with E-state index >= 15 is 0 Å². The van der Waals surface area contributed by atoms with Crippen LogP contribution in [0.25, 0.3) is 66.1 Å². The molecule has 0 saturated heterocycles. The third-order valence-electron chi connectivity index (χ3n) is 22.6. The van der Waals surface area contributed by atoms with Gasteiger partial charge in [0.05, 0.1) is 39.0 Å². The highest BCUT2D eigenvalue weighted by Crippen LogP contribution is 2.65. The number of anilines is 6. The van der Waals surface area contributed by atoms with Crippen molar-refractivity contribution in [2.24, 2.45) is 0 Å². The summed E-state index contributed by atoms with van der Waals surface area (Å²) in [5.41, 5.74) is 28.6. The molecule has 0 bridgehead atoms. The van der Waals surface area contributed by atoms with Crippen LogP contribution in [0.4, 0.5) is 34.1 Å². The van der Waals surface area contributed by atoms with E-state index in [2.05, 4.69) is 422 Å². The maximum absolute atomic E-state index is 2.58. The fourth-order valence-electron chi connectivity index (χ4n) is 18.8. The van der Waals surface area contributed by atoms with Crippen molar-refractivity contribution in [2.75, 3.05) is 9.80 Å². The van der Waals surface area contributed by atoms with E-state index in [1.807, 2.05) is 0 Å². The molecule has 103 heavy (non-hydrogen) atoms. The first kappa shape index (κ1) is 59.9. The van der Waals surface area contributed by atoms with Crippen LogP contribution in [-0.2, 0) is 16.2 Å². The molecule has 2 aliphatic heterocycles. The summed E-state index contributed by atoms with van der Waals surface area (Å²) in [4.78, 5) is 5.12. The number of hydrogen-bond donors (Lipinski definition) is 0. The zero-order valence-corrected chi connectivity index (χ0v) is 56.7. The standard InChI is InChI=1S/C101H68N2/c1-9-36-69(37-10-1)99(70-38-11-2-12-39-70)89-62-27-29-66-93(89)102(75-48-21-7-22-49-75)97-83(58-34-64-91(97)99)77-53-31-55-80-86(77)68-87-78(54-32-56-81(87)95(80)85-60-33-57-82-79-52-25-26-61-88(79)101(96(82)85,73-44-17-5-18-45-73)74-46-19-6-20-47-74)84-59-35-65-92-98(84)103(76-50-23-8-24-51-76)94-67-30-28-63-90(94)100(92,71-40-13-3-14-41-71)72-42-15-4-16-43-72/h1-68H. The van der Waals surface area contributed by atoms with Crippen LogP contribution in [0.2, 0.25) is 0 Å². The normalized spacial score (nSPS) is 14.0. The van der Waals surface area contributed by atoms with E-state index in [1.165, 1.54) is 99.8 Å². The average molecular weight is 1310 g/mol. The highest BCUT2D eigenvalue weighted by atomic mass is 15.2.